The van der Waals surface area contributed by atoms with Gasteiger partial charge in [-0.3, -0.25) is 4.90 Å². The maximum atomic E-state index is 6.01. The summed E-state index contributed by atoms with van der Waals surface area (Å²) in [6.07, 6.45) is 2.50. The van der Waals surface area contributed by atoms with E-state index in [9.17, 15) is 0 Å². The lowest BCUT2D eigenvalue weighted by Crippen LogP contribution is -2.34. The zero-order valence-corrected chi connectivity index (χ0v) is 12.8. The third-order valence-corrected chi connectivity index (χ3v) is 5.29. The molecule has 2 heterocycles. The van der Waals surface area contributed by atoms with E-state index < -0.39 is 0 Å². The maximum Gasteiger partial charge on any atom is 0.107 e. The lowest BCUT2D eigenvalue weighted by molar-refractivity contribution is 0.252. The van der Waals surface area contributed by atoms with E-state index in [1.165, 1.54) is 17.7 Å². The summed E-state index contributed by atoms with van der Waals surface area (Å²) in [6.45, 7) is 2.91. The van der Waals surface area contributed by atoms with Crippen molar-refractivity contribution < 1.29 is 0 Å². The minimum absolute atomic E-state index is 0. The van der Waals surface area contributed by atoms with Crippen LogP contribution in [0.15, 0.2) is 10.5 Å². The number of thiophene rings is 1. The van der Waals surface area contributed by atoms with E-state index in [2.05, 4.69) is 26.9 Å². The van der Waals surface area contributed by atoms with Crippen molar-refractivity contribution in [2.24, 2.45) is 5.73 Å². The standard InChI is InChI=1S/C10H14BrClN2S.ClH/c11-9-4-8(15-10(9)12)6-14-3-1-2-7(14)5-13;/h4,7H,1-3,5-6,13H2;1H. The van der Waals surface area contributed by atoms with Crippen LogP contribution in [0.3, 0.4) is 0 Å². The molecule has 92 valence electrons. The van der Waals surface area contributed by atoms with Gasteiger partial charge in [0.2, 0.25) is 0 Å². The number of nitrogens with zero attached hydrogens (tertiary/aromatic N) is 1. The summed E-state index contributed by atoms with van der Waals surface area (Å²) in [7, 11) is 0. The van der Waals surface area contributed by atoms with Crippen molar-refractivity contribution in [3.05, 3.63) is 19.8 Å². The zero-order valence-electron chi connectivity index (χ0n) is 8.79. The molecule has 0 bridgehead atoms. The van der Waals surface area contributed by atoms with Gasteiger partial charge in [-0.1, -0.05) is 11.6 Å². The lowest BCUT2D eigenvalue weighted by atomic mass is 10.2. The van der Waals surface area contributed by atoms with E-state index >= 15 is 0 Å². The first-order valence-corrected chi connectivity index (χ1v) is 7.07. The first kappa shape index (κ1) is 14.7. The van der Waals surface area contributed by atoms with E-state index in [-0.39, 0.29) is 12.4 Å². The van der Waals surface area contributed by atoms with Crippen LogP contribution < -0.4 is 5.73 Å². The second-order valence-corrected chi connectivity index (χ2v) is 6.43. The van der Waals surface area contributed by atoms with E-state index in [1.54, 1.807) is 11.3 Å². The molecule has 1 atom stereocenters. The molecule has 0 spiro atoms. The second kappa shape index (κ2) is 6.57. The van der Waals surface area contributed by atoms with Crippen molar-refractivity contribution in [2.75, 3.05) is 13.1 Å². The number of nitrogens with two attached hydrogens (primary N) is 1. The Morgan fingerprint density at radius 1 is 1.62 bits per heavy atom. The van der Waals surface area contributed by atoms with Crippen molar-refractivity contribution >= 4 is 51.3 Å². The highest BCUT2D eigenvalue weighted by Gasteiger charge is 2.23. The molecule has 1 fully saturated rings. The Bertz CT molecular complexity index is 326. The van der Waals surface area contributed by atoms with Gasteiger partial charge in [0.15, 0.2) is 0 Å². The number of likely N-dealkylation sites (tertiary alicyclic amines) is 1. The first-order valence-electron chi connectivity index (χ1n) is 5.08. The molecule has 1 unspecified atom stereocenters. The minimum Gasteiger partial charge on any atom is -0.329 e. The normalized spacial score (nSPS) is 21.1. The van der Waals surface area contributed by atoms with E-state index in [1.807, 2.05) is 0 Å². The van der Waals surface area contributed by atoms with Crippen LogP contribution in [0.25, 0.3) is 0 Å². The van der Waals surface area contributed by atoms with Crippen LogP contribution in [0.2, 0.25) is 4.34 Å². The molecule has 2 rings (SSSR count). The van der Waals surface area contributed by atoms with Crippen LogP contribution in [-0.4, -0.2) is 24.0 Å². The molecule has 1 aliphatic heterocycles. The molecule has 1 aliphatic rings. The SMILES string of the molecule is Cl.NCC1CCCN1Cc1cc(Br)c(Cl)s1. The zero-order chi connectivity index (χ0) is 10.8. The summed E-state index contributed by atoms with van der Waals surface area (Å²) in [4.78, 5) is 3.77. The second-order valence-electron chi connectivity index (χ2n) is 3.84. The molecular weight excluding hydrogens is 331 g/mol. The third-order valence-electron chi connectivity index (χ3n) is 2.83. The summed E-state index contributed by atoms with van der Waals surface area (Å²) in [5.74, 6) is 0. The molecule has 1 saturated heterocycles. The Morgan fingerprint density at radius 2 is 2.38 bits per heavy atom. The summed E-state index contributed by atoms with van der Waals surface area (Å²) < 4.78 is 1.85. The van der Waals surface area contributed by atoms with Gasteiger partial charge >= 0.3 is 0 Å². The number of hydrogen-bond donors (Lipinski definition) is 1. The lowest BCUT2D eigenvalue weighted by Gasteiger charge is -2.22. The molecule has 0 saturated carbocycles. The van der Waals surface area contributed by atoms with Crippen LogP contribution in [0.4, 0.5) is 0 Å². The van der Waals surface area contributed by atoms with Gasteiger partial charge in [-0.15, -0.1) is 23.7 Å². The summed E-state index contributed by atoms with van der Waals surface area (Å²) in [6, 6.07) is 2.67. The molecule has 0 radical (unpaired) electrons. The summed E-state index contributed by atoms with van der Waals surface area (Å²) in [5.41, 5.74) is 5.74. The number of rotatable bonds is 3. The quantitative estimate of drug-likeness (QED) is 0.908. The molecule has 2 nitrogen and oxygen atoms in total. The van der Waals surface area contributed by atoms with Gasteiger partial charge in [-0.2, -0.15) is 0 Å². The molecular formula is C10H15BrCl2N2S. The third kappa shape index (κ3) is 3.34. The van der Waals surface area contributed by atoms with Crippen LogP contribution in [0.5, 0.6) is 0 Å². The van der Waals surface area contributed by atoms with Crippen molar-refractivity contribution in [2.45, 2.75) is 25.4 Å². The smallest absolute Gasteiger partial charge is 0.107 e. The van der Waals surface area contributed by atoms with Crippen molar-refractivity contribution in [3.8, 4) is 0 Å². The fourth-order valence-electron chi connectivity index (χ4n) is 2.04. The molecule has 0 amide bonds. The molecule has 1 aromatic rings. The Labute approximate surface area is 120 Å². The molecule has 0 aliphatic carbocycles. The van der Waals surface area contributed by atoms with Gasteiger partial charge in [-0.25, -0.2) is 0 Å². The molecule has 2 N–H and O–H groups in total. The Kier molecular flexibility index (Phi) is 6.05. The van der Waals surface area contributed by atoms with Crippen molar-refractivity contribution in [1.82, 2.24) is 4.90 Å². The van der Waals surface area contributed by atoms with Crippen LogP contribution in [-0.2, 0) is 6.54 Å². The Morgan fingerprint density at radius 3 is 2.94 bits per heavy atom. The predicted molar refractivity (Wildman–Crippen MR) is 76.8 cm³/mol. The Balaban J connectivity index is 0.00000128. The summed E-state index contributed by atoms with van der Waals surface area (Å²) >= 11 is 11.1. The summed E-state index contributed by atoms with van der Waals surface area (Å²) in [5, 5.41) is 0. The first-order chi connectivity index (χ1) is 7.20. The fraction of sp³-hybridized carbons (Fsp3) is 0.600. The average molecular weight is 346 g/mol. The van der Waals surface area contributed by atoms with E-state index in [0.29, 0.717) is 6.04 Å². The topological polar surface area (TPSA) is 29.3 Å². The van der Waals surface area contributed by atoms with Crippen molar-refractivity contribution in [3.63, 3.8) is 0 Å². The van der Waals surface area contributed by atoms with Gasteiger partial charge in [0.05, 0.1) is 0 Å². The van der Waals surface area contributed by atoms with Crippen LogP contribution >= 0.6 is 51.3 Å². The average Bonchev–Trinajstić information content (AvgIpc) is 2.75. The fourth-order valence-corrected chi connectivity index (χ4v) is 3.86. The number of hydrogen-bond acceptors (Lipinski definition) is 3. The van der Waals surface area contributed by atoms with Gasteiger partial charge in [0.1, 0.15) is 4.34 Å². The van der Waals surface area contributed by atoms with Gasteiger partial charge < -0.3 is 5.73 Å². The largest absolute Gasteiger partial charge is 0.329 e. The highest BCUT2D eigenvalue weighted by molar-refractivity contribution is 9.10. The highest BCUT2D eigenvalue weighted by atomic mass is 79.9. The molecule has 0 aromatic carbocycles. The van der Waals surface area contributed by atoms with Crippen LogP contribution in [0.1, 0.15) is 17.7 Å². The van der Waals surface area contributed by atoms with Gasteiger partial charge in [0, 0.05) is 28.5 Å². The Hall–Kier alpha value is 0.680. The van der Waals surface area contributed by atoms with Crippen molar-refractivity contribution in [1.29, 1.82) is 0 Å². The highest BCUT2D eigenvalue weighted by Crippen LogP contribution is 2.33. The van der Waals surface area contributed by atoms with Crippen LogP contribution in [0, 0.1) is 0 Å². The maximum absolute atomic E-state index is 6.01. The predicted octanol–water partition coefficient (Wildman–Crippen LogP) is 3.51. The van der Waals surface area contributed by atoms with Gasteiger partial charge in [-0.05, 0) is 41.4 Å². The molecule has 6 heteroatoms. The van der Waals surface area contributed by atoms with E-state index in [4.69, 9.17) is 17.3 Å². The minimum atomic E-state index is 0. The molecule has 1 aromatic heterocycles. The molecule has 16 heavy (non-hydrogen) atoms. The monoisotopic (exact) mass is 344 g/mol. The van der Waals surface area contributed by atoms with E-state index in [0.717, 1.165) is 28.4 Å². The number of halogens is 3. The van der Waals surface area contributed by atoms with Gasteiger partial charge in [0.25, 0.3) is 0 Å².